The van der Waals surface area contributed by atoms with Crippen molar-refractivity contribution in [3.63, 3.8) is 0 Å². The summed E-state index contributed by atoms with van der Waals surface area (Å²) in [7, 11) is 1.60. The quantitative estimate of drug-likeness (QED) is 0.738. The minimum atomic E-state index is 0.0471. The monoisotopic (exact) mass is 397 g/mol. The third-order valence-corrected chi connectivity index (χ3v) is 5.40. The lowest BCUT2D eigenvalue weighted by molar-refractivity contribution is -0.125. The molecule has 1 aromatic carbocycles. The fraction of sp³-hybridized carbons (Fsp3) is 0.500. The number of hydrogen-bond acceptors (Lipinski definition) is 6. The Balaban J connectivity index is 1.44. The maximum Gasteiger partial charge on any atom is 0.228 e. The SMILES string of the molecule is CCN(CCNC(=O)C1CCN(c2nccc(OC)n2)CC1)c1cccc(C)c1. The number of aryl methyl sites for hydroxylation is 1. The van der Waals surface area contributed by atoms with E-state index in [9.17, 15) is 4.79 Å². The average molecular weight is 398 g/mol. The summed E-state index contributed by atoms with van der Waals surface area (Å²) in [4.78, 5) is 25.7. The van der Waals surface area contributed by atoms with Gasteiger partial charge in [-0.3, -0.25) is 4.79 Å². The van der Waals surface area contributed by atoms with Crippen LogP contribution in [0.15, 0.2) is 36.5 Å². The van der Waals surface area contributed by atoms with Crippen molar-refractivity contribution in [3.05, 3.63) is 42.1 Å². The predicted molar refractivity (Wildman–Crippen MR) is 116 cm³/mol. The van der Waals surface area contributed by atoms with Crippen LogP contribution in [0.25, 0.3) is 0 Å². The number of amides is 1. The number of anilines is 2. The van der Waals surface area contributed by atoms with E-state index in [2.05, 4.69) is 63.2 Å². The molecule has 7 heteroatoms. The maximum atomic E-state index is 12.6. The van der Waals surface area contributed by atoms with Crippen molar-refractivity contribution in [2.24, 2.45) is 5.92 Å². The zero-order valence-corrected chi connectivity index (χ0v) is 17.6. The number of carbonyl (C=O) groups is 1. The lowest BCUT2D eigenvalue weighted by atomic mass is 9.96. The summed E-state index contributed by atoms with van der Waals surface area (Å²) in [6.07, 6.45) is 3.32. The molecular formula is C22H31N5O2. The number of likely N-dealkylation sites (N-methyl/N-ethyl adjacent to an activating group) is 1. The number of methoxy groups -OCH3 is 1. The Kier molecular flexibility index (Phi) is 7.27. The van der Waals surface area contributed by atoms with Crippen LogP contribution in [0.4, 0.5) is 11.6 Å². The fourth-order valence-corrected chi connectivity index (χ4v) is 3.69. The highest BCUT2D eigenvalue weighted by Crippen LogP contribution is 2.22. The smallest absolute Gasteiger partial charge is 0.228 e. The summed E-state index contributed by atoms with van der Waals surface area (Å²) in [5, 5.41) is 3.12. The minimum Gasteiger partial charge on any atom is -0.481 e. The first-order valence-electron chi connectivity index (χ1n) is 10.3. The number of nitrogens with one attached hydrogen (secondary N) is 1. The van der Waals surface area contributed by atoms with Crippen molar-refractivity contribution in [2.45, 2.75) is 26.7 Å². The molecule has 0 spiro atoms. The summed E-state index contributed by atoms with van der Waals surface area (Å²) in [6, 6.07) is 10.2. The van der Waals surface area contributed by atoms with Crippen LogP contribution in [0.1, 0.15) is 25.3 Å². The first-order valence-corrected chi connectivity index (χ1v) is 10.3. The Hall–Kier alpha value is -2.83. The molecule has 0 bridgehead atoms. The molecule has 0 saturated carbocycles. The molecule has 3 rings (SSSR count). The molecule has 2 aromatic rings. The van der Waals surface area contributed by atoms with Gasteiger partial charge >= 0.3 is 0 Å². The van der Waals surface area contributed by atoms with Crippen LogP contribution >= 0.6 is 0 Å². The molecule has 29 heavy (non-hydrogen) atoms. The van der Waals surface area contributed by atoms with Crippen molar-refractivity contribution in [1.82, 2.24) is 15.3 Å². The molecule has 1 saturated heterocycles. The predicted octanol–water partition coefficient (Wildman–Crippen LogP) is 2.65. The average Bonchev–Trinajstić information content (AvgIpc) is 2.76. The summed E-state index contributed by atoms with van der Waals surface area (Å²) in [5.74, 6) is 1.42. The van der Waals surface area contributed by atoms with Gasteiger partial charge in [0.25, 0.3) is 0 Å². The van der Waals surface area contributed by atoms with Gasteiger partial charge in [0.2, 0.25) is 17.7 Å². The standard InChI is InChI=1S/C22H31N5O2/c1-4-26(19-7-5-6-17(2)16-19)15-12-23-21(28)18-9-13-27(14-10-18)22-24-11-8-20(25-22)29-3/h5-8,11,16,18H,4,9-10,12-15H2,1-3H3,(H,23,28). The molecular weight excluding hydrogens is 366 g/mol. The van der Waals surface area contributed by atoms with Crippen LogP contribution in [0.3, 0.4) is 0 Å². The van der Waals surface area contributed by atoms with Gasteiger partial charge in [-0.25, -0.2) is 4.98 Å². The Labute approximate surface area is 173 Å². The van der Waals surface area contributed by atoms with E-state index in [1.165, 1.54) is 11.3 Å². The maximum absolute atomic E-state index is 12.6. The van der Waals surface area contributed by atoms with E-state index in [1.807, 2.05) is 0 Å². The lowest BCUT2D eigenvalue weighted by Gasteiger charge is -2.31. The molecule has 7 nitrogen and oxygen atoms in total. The van der Waals surface area contributed by atoms with Gasteiger partial charge < -0.3 is 19.9 Å². The van der Waals surface area contributed by atoms with Gasteiger partial charge in [0.1, 0.15) is 0 Å². The zero-order valence-electron chi connectivity index (χ0n) is 17.6. The molecule has 0 aliphatic carbocycles. The number of benzene rings is 1. The van der Waals surface area contributed by atoms with E-state index in [0.29, 0.717) is 18.4 Å². The van der Waals surface area contributed by atoms with Crippen LogP contribution < -0.4 is 19.9 Å². The van der Waals surface area contributed by atoms with E-state index in [-0.39, 0.29) is 11.8 Å². The normalized spacial score (nSPS) is 14.5. The van der Waals surface area contributed by atoms with Gasteiger partial charge in [0, 0.05) is 56.6 Å². The first-order chi connectivity index (χ1) is 14.1. The molecule has 1 aromatic heterocycles. The van der Waals surface area contributed by atoms with Crippen molar-refractivity contribution in [1.29, 1.82) is 0 Å². The number of hydrogen-bond donors (Lipinski definition) is 1. The molecule has 1 aliphatic rings. The number of carbonyl (C=O) groups excluding carboxylic acids is 1. The highest BCUT2D eigenvalue weighted by molar-refractivity contribution is 5.79. The molecule has 0 radical (unpaired) electrons. The van der Waals surface area contributed by atoms with Crippen molar-refractivity contribution in [3.8, 4) is 5.88 Å². The van der Waals surface area contributed by atoms with Crippen molar-refractivity contribution >= 4 is 17.5 Å². The van der Waals surface area contributed by atoms with Gasteiger partial charge in [0.05, 0.1) is 7.11 Å². The minimum absolute atomic E-state index is 0.0471. The van der Waals surface area contributed by atoms with Gasteiger partial charge in [-0.1, -0.05) is 12.1 Å². The summed E-state index contributed by atoms with van der Waals surface area (Å²) in [5.41, 5.74) is 2.45. The second-order valence-electron chi connectivity index (χ2n) is 7.37. The highest BCUT2D eigenvalue weighted by Gasteiger charge is 2.26. The summed E-state index contributed by atoms with van der Waals surface area (Å²) >= 11 is 0. The third-order valence-electron chi connectivity index (χ3n) is 5.40. The number of aromatic nitrogens is 2. The number of nitrogens with zero attached hydrogens (tertiary/aromatic N) is 4. The number of rotatable bonds is 8. The molecule has 1 aliphatic heterocycles. The van der Waals surface area contributed by atoms with Crippen LogP contribution in [-0.4, -0.2) is 55.7 Å². The topological polar surface area (TPSA) is 70.6 Å². The van der Waals surface area contributed by atoms with Crippen molar-refractivity contribution < 1.29 is 9.53 Å². The van der Waals surface area contributed by atoms with Crippen LogP contribution in [0.5, 0.6) is 5.88 Å². The fourth-order valence-electron chi connectivity index (χ4n) is 3.69. The van der Waals surface area contributed by atoms with Crippen LogP contribution in [0.2, 0.25) is 0 Å². The molecule has 0 atom stereocenters. The van der Waals surface area contributed by atoms with Crippen molar-refractivity contribution in [2.75, 3.05) is 49.6 Å². The second kappa shape index (κ2) is 10.1. The van der Waals surface area contributed by atoms with E-state index in [0.717, 1.165) is 39.0 Å². The largest absolute Gasteiger partial charge is 0.481 e. The lowest BCUT2D eigenvalue weighted by Crippen LogP contribution is -2.43. The van der Waals surface area contributed by atoms with E-state index in [1.54, 1.807) is 19.4 Å². The second-order valence-corrected chi connectivity index (χ2v) is 7.37. The highest BCUT2D eigenvalue weighted by atomic mass is 16.5. The number of piperidine rings is 1. The Morgan fingerprint density at radius 3 is 2.79 bits per heavy atom. The van der Waals surface area contributed by atoms with Gasteiger partial charge in [0.15, 0.2) is 0 Å². The molecule has 1 amide bonds. The molecule has 2 heterocycles. The summed E-state index contributed by atoms with van der Waals surface area (Å²) < 4.78 is 5.17. The van der Waals surface area contributed by atoms with E-state index >= 15 is 0 Å². The van der Waals surface area contributed by atoms with Crippen LogP contribution in [-0.2, 0) is 4.79 Å². The van der Waals surface area contributed by atoms with Gasteiger partial charge in [-0.15, -0.1) is 0 Å². The molecule has 1 N–H and O–H groups in total. The Morgan fingerprint density at radius 2 is 2.10 bits per heavy atom. The van der Waals surface area contributed by atoms with Crippen LogP contribution in [0, 0.1) is 12.8 Å². The van der Waals surface area contributed by atoms with E-state index in [4.69, 9.17) is 4.74 Å². The zero-order chi connectivity index (χ0) is 20.6. The van der Waals surface area contributed by atoms with Gasteiger partial charge in [-0.2, -0.15) is 4.98 Å². The molecule has 0 unspecified atom stereocenters. The Morgan fingerprint density at radius 1 is 1.31 bits per heavy atom. The first kappa shape index (κ1) is 20.9. The molecule has 1 fully saturated rings. The third kappa shape index (κ3) is 5.59. The van der Waals surface area contributed by atoms with E-state index < -0.39 is 0 Å². The summed E-state index contributed by atoms with van der Waals surface area (Å²) in [6.45, 7) is 8.16. The van der Waals surface area contributed by atoms with Gasteiger partial charge in [-0.05, 0) is 44.4 Å². The Bertz CT molecular complexity index is 805. The number of ether oxygens (including phenoxy) is 1. The molecule has 156 valence electrons.